The number of nitro groups is 1. The Hall–Kier alpha value is -2.57. The summed E-state index contributed by atoms with van der Waals surface area (Å²) in [5.74, 6) is -2.28. The average molecular weight is 266 g/mol. The molecule has 0 aliphatic rings. The van der Waals surface area contributed by atoms with E-state index >= 15 is 0 Å². The molecular weight excluding hydrogens is 258 g/mol. The predicted octanol–water partition coefficient (Wildman–Crippen LogP) is 2.85. The molecule has 1 aromatic carbocycles. The third-order valence-corrected chi connectivity index (χ3v) is 2.34. The van der Waals surface area contributed by atoms with Gasteiger partial charge in [-0.15, -0.1) is 0 Å². The summed E-state index contributed by atoms with van der Waals surface area (Å²) in [5.41, 5.74) is -0.376. The Kier molecular flexibility index (Phi) is 3.65. The number of halogens is 2. The van der Waals surface area contributed by atoms with Gasteiger partial charge >= 0.3 is 5.69 Å². The van der Waals surface area contributed by atoms with Gasteiger partial charge in [0.2, 0.25) is 0 Å². The summed E-state index contributed by atoms with van der Waals surface area (Å²) in [4.78, 5) is 13.7. The number of hydrogen-bond acceptors (Lipinski definition) is 4. The topological polar surface area (TPSA) is 65.3 Å². The maximum absolute atomic E-state index is 13.4. The van der Waals surface area contributed by atoms with E-state index in [0.717, 1.165) is 6.07 Å². The van der Waals surface area contributed by atoms with Crippen molar-refractivity contribution >= 4 is 5.69 Å². The number of pyridine rings is 1. The normalized spacial score (nSPS) is 10.2. The lowest BCUT2D eigenvalue weighted by Gasteiger charge is -2.06. The molecule has 0 saturated heterocycles. The van der Waals surface area contributed by atoms with E-state index in [0.29, 0.717) is 0 Å². The second-order valence-electron chi connectivity index (χ2n) is 3.59. The first-order valence-electron chi connectivity index (χ1n) is 5.24. The second kappa shape index (κ2) is 5.38. The molecule has 19 heavy (non-hydrogen) atoms. The van der Waals surface area contributed by atoms with Gasteiger partial charge in [0.15, 0.2) is 11.6 Å². The van der Waals surface area contributed by atoms with E-state index in [9.17, 15) is 18.9 Å². The molecule has 2 aromatic rings. The number of nitrogens with zero attached hydrogens (tertiary/aromatic N) is 2. The van der Waals surface area contributed by atoms with Crippen molar-refractivity contribution in [1.29, 1.82) is 0 Å². The van der Waals surface area contributed by atoms with Gasteiger partial charge in [-0.3, -0.25) is 10.1 Å². The Balaban J connectivity index is 2.19. The maximum atomic E-state index is 13.4. The standard InChI is InChI=1S/C12H8F2N2O3/c13-9-4-1-3-8(11(9)14)7-19-12-10(16(17)18)5-2-6-15-12/h1-6H,7H2. The third-order valence-electron chi connectivity index (χ3n) is 2.34. The van der Waals surface area contributed by atoms with Gasteiger partial charge in [-0.05, 0) is 12.1 Å². The van der Waals surface area contributed by atoms with Gasteiger partial charge in [0, 0.05) is 17.8 Å². The second-order valence-corrected chi connectivity index (χ2v) is 3.59. The molecule has 0 spiro atoms. The molecule has 0 saturated carbocycles. The zero-order valence-corrected chi connectivity index (χ0v) is 9.55. The number of hydrogen-bond donors (Lipinski definition) is 0. The van der Waals surface area contributed by atoms with Crippen LogP contribution in [0.25, 0.3) is 0 Å². The summed E-state index contributed by atoms with van der Waals surface area (Å²) in [6, 6.07) is 6.22. The minimum absolute atomic E-state index is 0.0417. The van der Waals surface area contributed by atoms with Crippen LogP contribution in [-0.2, 0) is 6.61 Å². The van der Waals surface area contributed by atoms with Crippen LogP contribution in [0.15, 0.2) is 36.5 Å². The lowest BCUT2D eigenvalue weighted by atomic mass is 10.2. The van der Waals surface area contributed by atoms with Crippen LogP contribution >= 0.6 is 0 Å². The summed E-state index contributed by atoms with van der Waals surface area (Å²) < 4.78 is 31.4. The zero-order valence-electron chi connectivity index (χ0n) is 9.55. The van der Waals surface area contributed by atoms with Gasteiger partial charge in [0.05, 0.1) is 4.92 Å². The molecule has 0 radical (unpaired) electrons. The molecule has 0 aliphatic carbocycles. The zero-order chi connectivity index (χ0) is 13.8. The highest BCUT2D eigenvalue weighted by molar-refractivity contribution is 5.39. The molecule has 7 heteroatoms. The van der Waals surface area contributed by atoms with E-state index in [-0.39, 0.29) is 23.7 Å². The highest BCUT2D eigenvalue weighted by atomic mass is 19.2. The van der Waals surface area contributed by atoms with E-state index < -0.39 is 16.6 Å². The van der Waals surface area contributed by atoms with Crippen molar-refractivity contribution in [2.75, 3.05) is 0 Å². The summed E-state index contributed by atoms with van der Waals surface area (Å²) in [6.07, 6.45) is 1.31. The molecule has 0 N–H and O–H groups in total. The van der Waals surface area contributed by atoms with Gasteiger partial charge in [0.1, 0.15) is 6.61 Å². The van der Waals surface area contributed by atoms with Crippen LogP contribution in [0.2, 0.25) is 0 Å². The Morgan fingerprint density at radius 2 is 2.05 bits per heavy atom. The number of rotatable bonds is 4. The fraction of sp³-hybridized carbons (Fsp3) is 0.0833. The summed E-state index contributed by atoms with van der Waals surface area (Å²) in [5, 5.41) is 10.7. The van der Waals surface area contributed by atoms with Crippen LogP contribution < -0.4 is 4.74 Å². The molecule has 0 amide bonds. The molecule has 0 bridgehead atoms. The van der Waals surface area contributed by atoms with Crippen LogP contribution in [0, 0.1) is 21.7 Å². The molecule has 5 nitrogen and oxygen atoms in total. The molecule has 0 atom stereocenters. The quantitative estimate of drug-likeness (QED) is 0.630. The van der Waals surface area contributed by atoms with Crippen molar-refractivity contribution in [3.8, 4) is 5.88 Å². The minimum Gasteiger partial charge on any atom is -0.468 e. The van der Waals surface area contributed by atoms with E-state index in [1.54, 1.807) is 0 Å². The molecule has 1 aromatic heterocycles. The number of ether oxygens (including phenoxy) is 1. The van der Waals surface area contributed by atoms with Gasteiger partial charge in [-0.2, -0.15) is 0 Å². The van der Waals surface area contributed by atoms with Gasteiger partial charge in [-0.25, -0.2) is 13.8 Å². The molecule has 0 unspecified atom stereocenters. The van der Waals surface area contributed by atoms with Gasteiger partial charge in [0.25, 0.3) is 5.88 Å². The van der Waals surface area contributed by atoms with E-state index in [1.807, 2.05) is 0 Å². The highest BCUT2D eigenvalue weighted by Crippen LogP contribution is 2.24. The number of aromatic nitrogens is 1. The Morgan fingerprint density at radius 3 is 2.79 bits per heavy atom. The van der Waals surface area contributed by atoms with Crippen molar-refractivity contribution < 1.29 is 18.4 Å². The van der Waals surface area contributed by atoms with Gasteiger partial charge < -0.3 is 4.74 Å². The predicted molar refractivity (Wildman–Crippen MR) is 61.6 cm³/mol. The fourth-order valence-electron chi connectivity index (χ4n) is 1.44. The van der Waals surface area contributed by atoms with Crippen molar-refractivity contribution in [2.45, 2.75) is 6.61 Å². The van der Waals surface area contributed by atoms with Crippen LogP contribution in [-0.4, -0.2) is 9.91 Å². The fourth-order valence-corrected chi connectivity index (χ4v) is 1.44. The van der Waals surface area contributed by atoms with Crippen molar-refractivity contribution in [3.63, 3.8) is 0 Å². The van der Waals surface area contributed by atoms with Crippen LogP contribution in [0.1, 0.15) is 5.56 Å². The molecule has 0 aliphatic heterocycles. The Labute approximate surface area is 106 Å². The summed E-state index contributed by atoms with van der Waals surface area (Å²) >= 11 is 0. The van der Waals surface area contributed by atoms with E-state index in [1.165, 1.54) is 30.5 Å². The highest BCUT2D eigenvalue weighted by Gasteiger charge is 2.16. The Morgan fingerprint density at radius 1 is 1.26 bits per heavy atom. The average Bonchev–Trinajstić information content (AvgIpc) is 2.40. The van der Waals surface area contributed by atoms with Crippen LogP contribution in [0.4, 0.5) is 14.5 Å². The smallest absolute Gasteiger partial charge is 0.330 e. The first-order valence-corrected chi connectivity index (χ1v) is 5.24. The first-order chi connectivity index (χ1) is 9.09. The van der Waals surface area contributed by atoms with Crippen LogP contribution in [0.3, 0.4) is 0 Å². The molecular formula is C12H8F2N2O3. The summed E-state index contributed by atoms with van der Waals surface area (Å²) in [7, 11) is 0. The molecule has 98 valence electrons. The first kappa shape index (κ1) is 12.9. The van der Waals surface area contributed by atoms with Crippen molar-refractivity contribution in [1.82, 2.24) is 4.98 Å². The maximum Gasteiger partial charge on any atom is 0.330 e. The summed E-state index contributed by atoms with van der Waals surface area (Å²) in [6.45, 7) is -0.346. The van der Waals surface area contributed by atoms with Crippen molar-refractivity contribution in [2.24, 2.45) is 0 Å². The Bertz CT molecular complexity index is 620. The SMILES string of the molecule is O=[N+]([O-])c1cccnc1OCc1cccc(F)c1F. The third kappa shape index (κ3) is 2.82. The lowest BCUT2D eigenvalue weighted by molar-refractivity contribution is -0.386. The minimum atomic E-state index is -1.04. The van der Waals surface area contributed by atoms with Gasteiger partial charge in [-0.1, -0.05) is 12.1 Å². The van der Waals surface area contributed by atoms with Crippen molar-refractivity contribution in [3.05, 3.63) is 63.8 Å². The van der Waals surface area contributed by atoms with E-state index in [2.05, 4.69) is 4.98 Å². The lowest BCUT2D eigenvalue weighted by Crippen LogP contribution is -2.03. The largest absolute Gasteiger partial charge is 0.468 e. The van der Waals surface area contributed by atoms with E-state index in [4.69, 9.17) is 4.74 Å². The molecule has 0 fully saturated rings. The molecule has 1 heterocycles. The van der Waals surface area contributed by atoms with Crippen LogP contribution in [0.5, 0.6) is 5.88 Å². The molecule has 2 rings (SSSR count). The number of benzene rings is 1. The monoisotopic (exact) mass is 266 g/mol.